The Labute approximate surface area is 144 Å². The molecule has 0 amide bonds. The number of carbonyl (C=O) groups is 1. The molecule has 0 heterocycles. The highest BCUT2D eigenvalue weighted by molar-refractivity contribution is 5.67. The van der Waals surface area contributed by atoms with Gasteiger partial charge < -0.3 is 14.4 Å². The second-order valence-electron chi connectivity index (χ2n) is 5.53. The average molecular weight is 327 g/mol. The molecule has 0 spiro atoms. The van der Waals surface area contributed by atoms with Crippen LogP contribution >= 0.6 is 0 Å². The SMILES string of the molecule is CCCN(CC)CCOC(=O)Oc1ccc(-c2ccccc2)cc1. The highest BCUT2D eigenvalue weighted by Gasteiger charge is 2.08. The minimum absolute atomic E-state index is 0.342. The summed E-state index contributed by atoms with van der Waals surface area (Å²) in [5, 5.41) is 0. The van der Waals surface area contributed by atoms with E-state index in [4.69, 9.17) is 9.47 Å². The van der Waals surface area contributed by atoms with Gasteiger partial charge in [-0.3, -0.25) is 0 Å². The number of likely N-dealkylation sites (N-methyl/N-ethyl adjacent to an activating group) is 1. The quantitative estimate of drug-likeness (QED) is 0.524. The lowest BCUT2D eigenvalue weighted by Crippen LogP contribution is -2.29. The monoisotopic (exact) mass is 327 g/mol. The predicted molar refractivity (Wildman–Crippen MR) is 96.3 cm³/mol. The first-order valence-electron chi connectivity index (χ1n) is 8.45. The molecule has 2 aromatic rings. The van der Waals surface area contributed by atoms with Gasteiger partial charge in [-0.2, -0.15) is 0 Å². The third-order valence-electron chi connectivity index (χ3n) is 3.78. The second kappa shape index (κ2) is 9.73. The predicted octanol–water partition coefficient (Wildman–Crippen LogP) is 4.60. The van der Waals surface area contributed by atoms with Gasteiger partial charge in [0.25, 0.3) is 0 Å². The van der Waals surface area contributed by atoms with Crippen LogP contribution in [-0.2, 0) is 4.74 Å². The van der Waals surface area contributed by atoms with E-state index in [1.807, 2.05) is 42.5 Å². The molecule has 0 N–H and O–H groups in total. The molecule has 0 fully saturated rings. The summed E-state index contributed by atoms with van der Waals surface area (Å²) in [6, 6.07) is 17.5. The molecule has 0 saturated carbocycles. The minimum Gasteiger partial charge on any atom is -0.433 e. The Morgan fingerprint density at radius 2 is 1.58 bits per heavy atom. The van der Waals surface area contributed by atoms with Gasteiger partial charge in [0.2, 0.25) is 0 Å². The number of rotatable bonds is 8. The number of hydrogen-bond donors (Lipinski definition) is 0. The van der Waals surface area contributed by atoms with E-state index >= 15 is 0 Å². The number of carbonyl (C=O) groups excluding carboxylic acids is 1. The van der Waals surface area contributed by atoms with Crippen LogP contribution < -0.4 is 4.74 Å². The maximum atomic E-state index is 11.7. The highest BCUT2D eigenvalue weighted by atomic mass is 16.7. The molecule has 0 aromatic heterocycles. The molecule has 0 aliphatic rings. The zero-order valence-corrected chi connectivity index (χ0v) is 14.4. The molecule has 4 heteroatoms. The molecule has 0 saturated heterocycles. The summed E-state index contributed by atoms with van der Waals surface area (Å²) >= 11 is 0. The van der Waals surface area contributed by atoms with Gasteiger partial charge in [0.05, 0.1) is 0 Å². The largest absolute Gasteiger partial charge is 0.513 e. The van der Waals surface area contributed by atoms with Gasteiger partial charge in [0, 0.05) is 6.54 Å². The molecule has 0 aliphatic carbocycles. The molecule has 24 heavy (non-hydrogen) atoms. The molecule has 0 radical (unpaired) electrons. The summed E-state index contributed by atoms with van der Waals surface area (Å²) in [6.45, 7) is 7.27. The number of hydrogen-bond acceptors (Lipinski definition) is 4. The average Bonchev–Trinajstić information content (AvgIpc) is 2.62. The van der Waals surface area contributed by atoms with E-state index in [1.54, 1.807) is 12.1 Å². The van der Waals surface area contributed by atoms with Crippen LogP contribution in [0.15, 0.2) is 54.6 Å². The fourth-order valence-electron chi connectivity index (χ4n) is 2.47. The lowest BCUT2D eigenvalue weighted by atomic mass is 10.1. The Hall–Kier alpha value is -2.33. The van der Waals surface area contributed by atoms with Gasteiger partial charge in [0.15, 0.2) is 0 Å². The fourth-order valence-corrected chi connectivity index (χ4v) is 2.47. The Bertz CT molecular complexity index is 611. The summed E-state index contributed by atoms with van der Waals surface area (Å²) in [5.41, 5.74) is 2.21. The highest BCUT2D eigenvalue weighted by Crippen LogP contribution is 2.22. The van der Waals surface area contributed by atoms with E-state index in [0.29, 0.717) is 12.4 Å². The molecule has 0 aliphatic heterocycles. The first kappa shape index (κ1) is 18.0. The van der Waals surface area contributed by atoms with Crippen molar-refractivity contribution < 1.29 is 14.3 Å². The van der Waals surface area contributed by atoms with Crippen LogP contribution in [0.25, 0.3) is 11.1 Å². The van der Waals surface area contributed by atoms with Gasteiger partial charge in [-0.15, -0.1) is 0 Å². The lowest BCUT2D eigenvalue weighted by molar-refractivity contribution is 0.0876. The van der Waals surface area contributed by atoms with Crippen LogP contribution in [0, 0.1) is 0 Å². The molecular weight excluding hydrogens is 302 g/mol. The van der Waals surface area contributed by atoms with Crippen LogP contribution in [0.3, 0.4) is 0 Å². The molecular formula is C20H25NO3. The second-order valence-corrected chi connectivity index (χ2v) is 5.53. The van der Waals surface area contributed by atoms with E-state index in [9.17, 15) is 4.79 Å². The van der Waals surface area contributed by atoms with Crippen molar-refractivity contribution in [3.63, 3.8) is 0 Å². The van der Waals surface area contributed by atoms with Crippen LogP contribution in [-0.4, -0.2) is 37.3 Å². The molecule has 0 unspecified atom stereocenters. The Balaban J connectivity index is 1.80. The van der Waals surface area contributed by atoms with E-state index in [2.05, 4.69) is 18.7 Å². The summed E-state index contributed by atoms with van der Waals surface area (Å²) in [7, 11) is 0. The summed E-state index contributed by atoms with van der Waals surface area (Å²) in [4.78, 5) is 14.0. The molecule has 2 aromatic carbocycles. The lowest BCUT2D eigenvalue weighted by Gasteiger charge is -2.18. The third-order valence-corrected chi connectivity index (χ3v) is 3.78. The van der Waals surface area contributed by atoms with Crippen LogP contribution in [0.4, 0.5) is 4.79 Å². The number of nitrogens with zero attached hydrogens (tertiary/aromatic N) is 1. The van der Waals surface area contributed by atoms with Gasteiger partial charge in [0.1, 0.15) is 12.4 Å². The summed E-state index contributed by atoms with van der Waals surface area (Å²) < 4.78 is 10.3. The van der Waals surface area contributed by atoms with Crippen molar-refractivity contribution in [1.82, 2.24) is 4.90 Å². The minimum atomic E-state index is -0.657. The van der Waals surface area contributed by atoms with E-state index in [0.717, 1.165) is 37.2 Å². The van der Waals surface area contributed by atoms with Crippen molar-refractivity contribution in [2.75, 3.05) is 26.2 Å². The van der Waals surface area contributed by atoms with Crippen molar-refractivity contribution in [3.8, 4) is 16.9 Å². The zero-order chi connectivity index (χ0) is 17.2. The van der Waals surface area contributed by atoms with Gasteiger partial charge in [-0.05, 0) is 42.8 Å². The van der Waals surface area contributed by atoms with E-state index < -0.39 is 6.16 Å². The van der Waals surface area contributed by atoms with Gasteiger partial charge in [-0.1, -0.05) is 56.3 Å². The maximum Gasteiger partial charge on any atom is 0.513 e. The standard InChI is InChI=1S/C20H25NO3/c1-3-14-21(4-2)15-16-23-20(22)24-19-12-10-18(11-13-19)17-8-6-5-7-9-17/h5-13H,3-4,14-16H2,1-2H3. The normalized spacial score (nSPS) is 10.6. The van der Waals surface area contributed by atoms with Crippen molar-refractivity contribution in [1.29, 1.82) is 0 Å². The van der Waals surface area contributed by atoms with Crippen LogP contribution in [0.5, 0.6) is 5.75 Å². The molecule has 4 nitrogen and oxygen atoms in total. The van der Waals surface area contributed by atoms with Crippen LogP contribution in [0.2, 0.25) is 0 Å². The summed E-state index contributed by atoms with van der Waals surface area (Å²) in [6.07, 6.45) is 0.432. The Morgan fingerprint density at radius 3 is 2.21 bits per heavy atom. The Kier molecular flexibility index (Phi) is 7.30. The first-order chi connectivity index (χ1) is 11.7. The first-order valence-corrected chi connectivity index (χ1v) is 8.45. The maximum absolute atomic E-state index is 11.7. The van der Waals surface area contributed by atoms with Crippen molar-refractivity contribution in [2.45, 2.75) is 20.3 Å². The molecule has 0 bridgehead atoms. The fraction of sp³-hybridized carbons (Fsp3) is 0.350. The molecule has 2 rings (SSSR count). The molecule has 0 atom stereocenters. The number of ether oxygens (including phenoxy) is 2. The van der Waals surface area contributed by atoms with Gasteiger partial charge >= 0.3 is 6.16 Å². The van der Waals surface area contributed by atoms with E-state index in [-0.39, 0.29) is 0 Å². The smallest absolute Gasteiger partial charge is 0.433 e. The topological polar surface area (TPSA) is 38.8 Å². The third kappa shape index (κ3) is 5.70. The van der Waals surface area contributed by atoms with Crippen molar-refractivity contribution in [2.24, 2.45) is 0 Å². The van der Waals surface area contributed by atoms with Crippen molar-refractivity contribution in [3.05, 3.63) is 54.6 Å². The molecule has 128 valence electrons. The number of benzene rings is 2. The van der Waals surface area contributed by atoms with Crippen LogP contribution in [0.1, 0.15) is 20.3 Å². The zero-order valence-electron chi connectivity index (χ0n) is 14.4. The van der Waals surface area contributed by atoms with Gasteiger partial charge in [-0.25, -0.2) is 4.79 Å². The summed E-state index contributed by atoms with van der Waals surface area (Å²) in [5.74, 6) is 0.487. The van der Waals surface area contributed by atoms with Crippen molar-refractivity contribution >= 4 is 6.16 Å². The Morgan fingerprint density at radius 1 is 0.917 bits per heavy atom. The van der Waals surface area contributed by atoms with E-state index in [1.165, 1.54) is 0 Å².